The lowest BCUT2D eigenvalue weighted by Crippen LogP contribution is -2.54. The number of carbonyl (C=O) groups excluding carboxylic acids is 3. The molecular weight excluding hydrogens is 578 g/mol. The van der Waals surface area contributed by atoms with Gasteiger partial charge in [-0.05, 0) is 81.2 Å². The van der Waals surface area contributed by atoms with Crippen LogP contribution in [-0.4, -0.2) is 62.1 Å². The van der Waals surface area contributed by atoms with Gasteiger partial charge in [-0.1, -0.05) is 35.8 Å². The van der Waals surface area contributed by atoms with Gasteiger partial charge in [-0.15, -0.1) is 5.10 Å². The summed E-state index contributed by atoms with van der Waals surface area (Å²) in [6.07, 6.45) is 6.74. The number of halogens is 2. The third kappa shape index (κ3) is 6.35. The van der Waals surface area contributed by atoms with Crippen LogP contribution in [0.3, 0.4) is 0 Å². The highest BCUT2D eigenvalue weighted by Gasteiger charge is 2.40. The second-order valence-electron chi connectivity index (χ2n) is 12.9. The molecule has 2 aliphatic carbocycles. The van der Waals surface area contributed by atoms with Gasteiger partial charge in [0.05, 0.1) is 25.3 Å². The van der Waals surface area contributed by atoms with Crippen LogP contribution >= 0.6 is 0 Å². The fourth-order valence-electron chi connectivity index (χ4n) is 7.45. The molecule has 0 radical (unpaired) electrons. The highest BCUT2D eigenvalue weighted by molar-refractivity contribution is 5.98. The predicted octanol–water partition coefficient (Wildman–Crippen LogP) is 5.02. The molecule has 1 saturated heterocycles. The molecule has 11 heteroatoms. The Morgan fingerprint density at radius 2 is 1.69 bits per heavy atom. The minimum absolute atomic E-state index is 0.0530. The van der Waals surface area contributed by atoms with Crippen LogP contribution in [0.1, 0.15) is 78.1 Å². The van der Waals surface area contributed by atoms with Crippen molar-refractivity contribution in [3.05, 3.63) is 75.6 Å². The second kappa shape index (κ2) is 12.7. The number of hydrogen-bond donors (Lipinski definition) is 1. The Kier molecular flexibility index (Phi) is 8.70. The number of nitrogens with zero attached hydrogens (tertiary/aromatic N) is 5. The number of piperazine rings is 1. The Hall–Kier alpha value is -4.15. The van der Waals surface area contributed by atoms with Gasteiger partial charge in [-0.2, -0.15) is 0 Å². The van der Waals surface area contributed by atoms with E-state index in [0.717, 1.165) is 47.7 Å². The monoisotopic (exact) mass is 618 g/mol. The van der Waals surface area contributed by atoms with E-state index in [2.05, 4.69) is 15.6 Å². The number of nitrogens with one attached hydrogen (secondary N) is 1. The number of aryl methyl sites for hydroxylation is 3. The van der Waals surface area contributed by atoms with Gasteiger partial charge in [0.25, 0.3) is 0 Å². The zero-order valence-corrected chi connectivity index (χ0v) is 26.1. The van der Waals surface area contributed by atoms with Crippen LogP contribution in [0.5, 0.6) is 0 Å². The number of aromatic nitrogens is 3. The first-order valence-electron chi connectivity index (χ1n) is 15.9. The van der Waals surface area contributed by atoms with Crippen molar-refractivity contribution >= 4 is 23.4 Å². The van der Waals surface area contributed by atoms with Crippen molar-refractivity contribution in [1.29, 1.82) is 0 Å². The van der Waals surface area contributed by atoms with Crippen LogP contribution in [0.2, 0.25) is 0 Å². The van der Waals surface area contributed by atoms with E-state index in [9.17, 15) is 23.2 Å². The maximum atomic E-state index is 14.4. The summed E-state index contributed by atoms with van der Waals surface area (Å²) in [7, 11) is 0. The Bertz CT molecular complexity index is 1610. The lowest BCUT2D eigenvalue weighted by molar-refractivity contribution is -0.151. The summed E-state index contributed by atoms with van der Waals surface area (Å²) in [5.74, 6) is -2.53. The molecule has 1 aromatic heterocycles. The Morgan fingerprint density at radius 1 is 0.956 bits per heavy atom. The van der Waals surface area contributed by atoms with Crippen molar-refractivity contribution in [2.45, 2.75) is 78.3 Å². The van der Waals surface area contributed by atoms with Crippen molar-refractivity contribution in [2.24, 2.45) is 11.8 Å². The van der Waals surface area contributed by atoms with Crippen molar-refractivity contribution in [1.82, 2.24) is 24.8 Å². The van der Waals surface area contributed by atoms with Gasteiger partial charge < -0.3 is 15.1 Å². The Morgan fingerprint density at radius 3 is 2.42 bits per heavy atom. The first-order chi connectivity index (χ1) is 21.6. The predicted molar refractivity (Wildman–Crippen MR) is 164 cm³/mol. The zero-order chi connectivity index (χ0) is 31.8. The lowest BCUT2D eigenvalue weighted by atomic mass is 9.77. The average molecular weight is 619 g/mol. The molecule has 45 heavy (non-hydrogen) atoms. The second-order valence-corrected chi connectivity index (χ2v) is 12.9. The highest BCUT2D eigenvalue weighted by Crippen LogP contribution is 2.36. The molecule has 2 fully saturated rings. The molecule has 3 atom stereocenters. The third-order valence-electron chi connectivity index (χ3n) is 9.66. The van der Waals surface area contributed by atoms with Crippen LogP contribution in [0.15, 0.2) is 30.5 Å². The third-order valence-corrected chi connectivity index (χ3v) is 9.66. The fraction of sp³-hybridized carbons (Fsp3) is 0.500. The molecule has 238 valence electrons. The SMILES string of the molecule is Cc1cc(C)c(NC(=O)C2CCCCC2C(=O)N2CCN(Cc3cn([C@H]4CCCc5c(F)cc(F)cc54)nn3)C(=O)C2)c(C)c1. The summed E-state index contributed by atoms with van der Waals surface area (Å²) in [6, 6.07) is 6.03. The van der Waals surface area contributed by atoms with Gasteiger partial charge in [0, 0.05) is 36.7 Å². The van der Waals surface area contributed by atoms with Crippen molar-refractivity contribution < 1.29 is 23.2 Å². The molecule has 1 aliphatic heterocycles. The smallest absolute Gasteiger partial charge is 0.242 e. The van der Waals surface area contributed by atoms with E-state index in [1.807, 2.05) is 32.9 Å². The van der Waals surface area contributed by atoms with Gasteiger partial charge in [-0.25, -0.2) is 13.5 Å². The van der Waals surface area contributed by atoms with E-state index < -0.39 is 23.5 Å². The number of benzene rings is 2. The molecule has 1 N–H and O–H groups in total. The van der Waals surface area contributed by atoms with Crippen LogP contribution in [-0.2, 0) is 27.3 Å². The summed E-state index contributed by atoms with van der Waals surface area (Å²) in [6.45, 7) is 6.85. The van der Waals surface area contributed by atoms with Gasteiger partial charge in [0.15, 0.2) is 0 Å². The number of rotatable bonds is 6. The maximum Gasteiger partial charge on any atom is 0.242 e. The summed E-state index contributed by atoms with van der Waals surface area (Å²) in [5.41, 5.74) is 5.58. The van der Waals surface area contributed by atoms with E-state index in [1.54, 1.807) is 20.7 Å². The summed E-state index contributed by atoms with van der Waals surface area (Å²) < 4.78 is 30.1. The number of carbonyl (C=O) groups is 3. The summed E-state index contributed by atoms with van der Waals surface area (Å²) in [4.78, 5) is 43.7. The van der Waals surface area contributed by atoms with E-state index in [1.165, 1.54) is 6.07 Å². The number of amides is 3. The first-order valence-corrected chi connectivity index (χ1v) is 15.9. The molecule has 1 saturated carbocycles. The molecule has 3 amide bonds. The largest absolute Gasteiger partial charge is 0.333 e. The van der Waals surface area contributed by atoms with E-state index in [0.29, 0.717) is 55.6 Å². The van der Waals surface area contributed by atoms with Gasteiger partial charge in [0.1, 0.15) is 17.3 Å². The summed E-state index contributed by atoms with van der Waals surface area (Å²) in [5, 5.41) is 11.6. The van der Waals surface area contributed by atoms with Gasteiger partial charge >= 0.3 is 0 Å². The molecule has 6 rings (SSSR count). The van der Waals surface area contributed by atoms with E-state index in [4.69, 9.17) is 0 Å². The lowest BCUT2D eigenvalue weighted by Gasteiger charge is -2.38. The first kappa shape index (κ1) is 30.9. The Balaban J connectivity index is 1.08. The quantitative estimate of drug-likeness (QED) is 0.418. The molecule has 3 aromatic rings. The molecule has 2 aromatic carbocycles. The normalized spacial score (nSPS) is 21.9. The zero-order valence-electron chi connectivity index (χ0n) is 26.1. The molecular formula is C34H40F2N6O3. The van der Waals surface area contributed by atoms with E-state index >= 15 is 0 Å². The minimum atomic E-state index is -0.617. The maximum absolute atomic E-state index is 14.4. The molecule has 0 spiro atoms. The minimum Gasteiger partial charge on any atom is -0.333 e. The molecule has 0 bridgehead atoms. The number of fused-ring (bicyclic) bond motifs is 1. The topological polar surface area (TPSA) is 100 Å². The molecule has 3 aliphatic rings. The van der Waals surface area contributed by atoms with Crippen LogP contribution in [0.4, 0.5) is 14.5 Å². The van der Waals surface area contributed by atoms with Crippen molar-refractivity contribution in [3.63, 3.8) is 0 Å². The molecule has 2 heterocycles. The number of anilines is 1. The standard InChI is InChI=1S/C34H40F2N6O3/c1-20-13-21(2)32(22(3)14-20)37-33(44)26-7-4-5-8-27(26)34(45)41-12-11-40(31(43)19-41)17-24-18-42(39-38-24)30-10-6-9-25-28(30)15-23(35)16-29(25)36/h13-16,18,26-27,30H,4-12,17,19H2,1-3H3,(H,37,44)/t26?,27?,30-/m0/s1. The van der Waals surface area contributed by atoms with Crippen molar-refractivity contribution in [3.8, 4) is 0 Å². The van der Waals surface area contributed by atoms with Crippen LogP contribution in [0.25, 0.3) is 0 Å². The van der Waals surface area contributed by atoms with Crippen molar-refractivity contribution in [2.75, 3.05) is 25.0 Å². The summed E-state index contributed by atoms with van der Waals surface area (Å²) >= 11 is 0. The van der Waals surface area contributed by atoms with Gasteiger partial charge in [0.2, 0.25) is 17.7 Å². The highest BCUT2D eigenvalue weighted by atomic mass is 19.1. The molecule has 2 unspecified atom stereocenters. The van der Waals surface area contributed by atoms with Crippen LogP contribution < -0.4 is 5.32 Å². The van der Waals surface area contributed by atoms with E-state index in [-0.39, 0.29) is 36.9 Å². The Labute approximate surface area is 262 Å². The fourth-order valence-corrected chi connectivity index (χ4v) is 7.45. The van der Waals surface area contributed by atoms with Gasteiger partial charge in [-0.3, -0.25) is 14.4 Å². The number of hydrogen-bond acceptors (Lipinski definition) is 5. The average Bonchev–Trinajstić information content (AvgIpc) is 3.47. The van der Waals surface area contributed by atoms with Crippen LogP contribution in [0, 0.1) is 44.2 Å². The molecule has 9 nitrogen and oxygen atoms in total.